The van der Waals surface area contributed by atoms with Gasteiger partial charge in [-0.3, -0.25) is 0 Å². The molecule has 106 valence electrons. The molecule has 1 aromatic heterocycles. The van der Waals surface area contributed by atoms with Crippen LogP contribution in [0.3, 0.4) is 0 Å². The van der Waals surface area contributed by atoms with Crippen LogP contribution >= 0.6 is 0 Å². The molecule has 0 amide bonds. The van der Waals surface area contributed by atoms with E-state index in [4.69, 9.17) is 0 Å². The van der Waals surface area contributed by atoms with Gasteiger partial charge in [0.05, 0.1) is 0 Å². The van der Waals surface area contributed by atoms with E-state index < -0.39 is 0 Å². The van der Waals surface area contributed by atoms with Gasteiger partial charge in [0.1, 0.15) is 5.82 Å². The standard InChI is InChI=1S/C15H26N4/c1-7-16-13-18-8-10(2)12(19-13)17-9-11-14(3,4)15(11,5)6/h8,11H,7,9H2,1-6H3,(H2,16,17,18,19). The number of aromatic nitrogens is 2. The topological polar surface area (TPSA) is 49.8 Å². The second-order valence-corrected chi connectivity index (χ2v) is 6.63. The highest BCUT2D eigenvalue weighted by molar-refractivity contribution is 5.46. The van der Waals surface area contributed by atoms with Gasteiger partial charge in [0.25, 0.3) is 0 Å². The second-order valence-electron chi connectivity index (χ2n) is 6.63. The number of hydrogen-bond donors (Lipinski definition) is 2. The fourth-order valence-corrected chi connectivity index (χ4v) is 2.91. The van der Waals surface area contributed by atoms with E-state index in [0.29, 0.717) is 22.7 Å². The molecule has 0 saturated heterocycles. The van der Waals surface area contributed by atoms with E-state index in [1.165, 1.54) is 0 Å². The van der Waals surface area contributed by atoms with Crippen LogP contribution in [0.5, 0.6) is 0 Å². The van der Waals surface area contributed by atoms with Crippen LogP contribution in [0.25, 0.3) is 0 Å². The Balaban J connectivity index is 2.02. The van der Waals surface area contributed by atoms with Crippen LogP contribution < -0.4 is 10.6 Å². The smallest absolute Gasteiger partial charge is 0.224 e. The molecule has 0 atom stereocenters. The van der Waals surface area contributed by atoms with Crippen molar-refractivity contribution in [1.82, 2.24) is 9.97 Å². The molecule has 0 aromatic carbocycles. The van der Waals surface area contributed by atoms with E-state index in [9.17, 15) is 0 Å². The number of rotatable bonds is 5. The van der Waals surface area contributed by atoms with Crippen molar-refractivity contribution in [3.63, 3.8) is 0 Å². The van der Waals surface area contributed by atoms with Gasteiger partial charge in [-0.1, -0.05) is 27.7 Å². The Morgan fingerprint density at radius 1 is 1.16 bits per heavy atom. The quantitative estimate of drug-likeness (QED) is 0.854. The summed E-state index contributed by atoms with van der Waals surface area (Å²) in [7, 11) is 0. The summed E-state index contributed by atoms with van der Waals surface area (Å²) in [6, 6.07) is 0. The molecular formula is C15H26N4. The fraction of sp³-hybridized carbons (Fsp3) is 0.733. The Morgan fingerprint density at radius 2 is 1.79 bits per heavy atom. The minimum atomic E-state index is 0.408. The Morgan fingerprint density at radius 3 is 2.32 bits per heavy atom. The Hall–Kier alpha value is -1.32. The second kappa shape index (κ2) is 4.66. The van der Waals surface area contributed by atoms with Gasteiger partial charge in [0.15, 0.2) is 0 Å². The molecule has 0 aliphatic heterocycles. The van der Waals surface area contributed by atoms with Gasteiger partial charge in [0.2, 0.25) is 5.95 Å². The first kappa shape index (κ1) is 14.1. The van der Waals surface area contributed by atoms with Crippen molar-refractivity contribution >= 4 is 11.8 Å². The van der Waals surface area contributed by atoms with Gasteiger partial charge >= 0.3 is 0 Å². The Bertz CT molecular complexity index is 451. The summed E-state index contributed by atoms with van der Waals surface area (Å²) in [5.74, 6) is 2.34. The van der Waals surface area contributed by atoms with E-state index in [-0.39, 0.29) is 0 Å². The third-order valence-electron chi connectivity index (χ3n) is 5.10. The highest BCUT2D eigenvalue weighted by Gasteiger charge is 2.64. The fourth-order valence-electron chi connectivity index (χ4n) is 2.91. The van der Waals surface area contributed by atoms with Crippen molar-refractivity contribution in [1.29, 1.82) is 0 Å². The molecule has 2 rings (SSSR count). The average Bonchev–Trinajstić information content (AvgIpc) is 2.71. The zero-order chi connectivity index (χ0) is 14.3. The van der Waals surface area contributed by atoms with Crippen molar-refractivity contribution in [2.24, 2.45) is 16.7 Å². The number of nitrogens with zero attached hydrogens (tertiary/aromatic N) is 2. The maximum Gasteiger partial charge on any atom is 0.224 e. The molecule has 1 saturated carbocycles. The van der Waals surface area contributed by atoms with Crippen molar-refractivity contribution in [3.05, 3.63) is 11.8 Å². The molecule has 1 fully saturated rings. The summed E-state index contributed by atoms with van der Waals surface area (Å²) in [6.07, 6.45) is 1.87. The molecule has 1 aliphatic rings. The average molecular weight is 262 g/mol. The first-order chi connectivity index (χ1) is 8.80. The van der Waals surface area contributed by atoms with Gasteiger partial charge in [-0.25, -0.2) is 4.98 Å². The van der Waals surface area contributed by atoms with Crippen LogP contribution in [0.2, 0.25) is 0 Å². The molecule has 0 bridgehead atoms. The zero-order valence-corrected chi connectivity index (χ0v) is 13.0. The van der Waals surface area contributed by atoms with Crippen molar-refractivity contribution in [2.75, 3.05) is 23.7 Å². The van der Waals surface area contributed by atoms with Gasteiger partial charge in [0, 0.05) is 24.8 Å². The highest BCUT2D eigenvalue weighted by atomic mass is 15.1. The van der Waals surface area contributed by atoms with Crippen LogP contribution in [0.15, 0.2) is 6.20 Å². The lowest BCUT2D eigenvalue weighted by atomic mass is 10.0. The maximum absolute atomic E-state index is 4.52. The van der Waals surface area contributed by atoms with Gasteiger partial charge < -0.3 is 10.6 Å². The predicted molar refractivity (Wildman–Crippen MR) is 80.5 cm³/mol. The monoisotopic (exact) mass is 262 g/mol. The molecule has 1 aliphatic carbocycles. The SMILES string of the molecule is CCNc1ncc(C)c(NCC2C(C)(C)C2(C)C)n1. The van der Waals surface area contributed by atoms with Crippen LogP contribution in [0, 0.1) is 23.7 Å². The van der Waals surface area contributed by atoms with E-state index >= 15 is 0 Å². The molecule has 0 unspecified atom stereocenters. The molecule has 4 heteroatoms. The maximum atomic E-state index is 4.52. The lowest BCUT2D eigenvalue weighted by Gasteiger charge is -2.11. The van der Waals surface area contributed by atoms with Crippen LogP contribution in [0.4, 0.5) is 11.8 Å². The number of hydrogen-bond acceptors (Lipinski definition) is 4. The van der Waals surface area contributed by atoms with E-state index in [1.807, 2.05) is 20.0 Å². The van der Waals surface area contributed by atoms with E-state index in [1.54, 1.807) is 0 Å². The third-order valence-corrected chi connectivity index (χ3v) is 5.10. The number of aryl methyl sites for hydroxylation is 1. The van der Waals surface area contributed by atoms with E-state index in [2.05, 4.69) is 48.3 Å². The molecule has 0 spiro atoms. The minimum Gasteiger partial charge on any atom is -0.369 e. The lowest BCUT2D eigenvalue weighted by molar-refractivity contribution is 0.457. The van der Waals surface area contributed by atoms with Crippen molar-refractivity contribution in [3.8, 4) is 0 Å². The Labute approximate surface area is 116 Å². The van der Waals surface area contributed by atoms with Crippen molar-refractivity contribution < 1.29 is 0 Å². The summed E-state index contributed by atoms with van der Waals surface area (Å²) < 4.78 is 0. The van der Waals surface area contributed by atoms with Gasteiger partial charge in [-0.15, -0.1) is 0 Å². The van der Waals surface area contributed by atoms with Gasteiger partial charge in [-0.05, 0) is 30.6 Å². The summed E-state index contributed by atoms with van der Waals surface area (Å²) in [6.45, 7) is 15.3. The van der Waals surface area contributed by atoms with Crippen LogP contribution in [-0.4, -0.2) is 23.1 Å². The first-order valence-electron chi connectivity index (χ1n) is 7.12. The number of anilines is 2. The van der Waals surface area contributed by atoms with Crippen molar-refractivity contribution in [2.45, 2.75) is 41.5 Å². The zero-order valence-electron chi connectivity index (χ0n) is 13.0. The van der Waals surface area contributed by atoms with Crippen LogP contribution in [-0.2, 0) is 0 Å². The molecule has 19 heavy (non-hydrogen) atoms. The summed E-state index contributed by atoms with van der Waals surface area (Å²) in [5, 5.41) is 6.64. The number of nitrogens with one attached hydrogen (secondary N) is 2. The molecule has 1 heterocycles. The third kappa shape index (κ3) is 2.40. The van der Waals surface area contributed by atoms with E-state index in [0.717, 1.165) is 24.5 Å². The minimum absolute atomic E-state index is 0.408. The molecule has 4 nitrogen and oxygen atoms in total. The molecule has 2 N–H and O–H groups in total. The summed E-state index contributed by atoms with van der Waals surface area (Å²) in [4.78, 5) is 8.79. The van der Waals surface area contributed by atoms with Gasteiger partial charge in [-0.2, -0.15) is 4.98 Å². The predicted octanol–water partition coefficient (Wildman–Crippen LogP) is 3.31. The normalized spacial score (nSPS) is 20.1. The Kier molecular flexibility index (Phi) is 3.45. The molecule has 0 radical (unpaired) electrons. The molecule has 1 aromatic rings. The largest absolute Gasteiger partial charge is 0.369 e. The first-order valence-corrected chi connectivity index (χ1v) is 7.12. The highest BCUT2D eigenvalue weighted by Crippen LogP contribution is 2.68. The lowest BCUT2D eigenvalue weighted by Crippen LogP contribution is -2.12. The summed E-state index contributed by atoms with van der Waals surface area (Å²) >= 11 is 0. The summed E-state index contributed by atoms with van der Waals surface area (Å²) in [5.41, 5.74) is 1.91. The molecular weight excluding hydrogens is 236 g/mol. The van der Waals surface area contributed by atoms with Crippen LogP contribution in [0.1, 0.15) is 40.2 Å².